The van der Waals surface area contributed by atoms with Gasteiger partial charge >= 0.3 is 5.82 Å². The summed E-state index contributed by atoms with van der Waals surface area (Å²) in [7, 11) is -3.44. The largest absolute Gasteiger partial charge is 0.381 e. The summed E-state index contributed by atoms with van der Waals surface area (Å²) in [6.45, 7) is 1.71. The fourth-order valence-electron chi connectivity index (χ4n) is 1.78. The summed E-state index contributed by atoms with van der Waals surface area (Å²) >= 11 is 3.24. The van der Waals surface area contributed by atoms with Gasteiger partial charge in [0.15, 0.2) is 9.84 Å². The topological polar surface area (TPSA) is 95.1 Å². The highest BCUT2D eigenvalue weighted by Gasteiger charge is 2.19. The predicted octanol–water partition coefficient (Wildman–Crippen LogP) is 2.34. The van der Waals surface area contributed by atoms with Crippen LogP contribution in [0.15, 0.2) is 39.8 Å². The molecule has 0 N–H and O–H groups in total. The number of aromatic nitrogens is 2. The fourth-order valence-corrected chi connectivity index (χ4v) is 3.27. The van der Waals surface area contributed by atoms with E-state index in [2.05, 4.69) is 20.9 Å². The predicted molar refractivity (Wildman–Crippen MR) is 79.8 cm³/mol. The van der Waals surface area contributed by atoms with E-state index in [9.17, 15) is 18.5 Å². The minimum atomic E-state index is -3.44. The van der Waals surface area contributed by atoms with Gasteiger partial charge in [-0.3, -0.25) is 0 Å². The average Bonchev–Trinajstić information content (AvgIpc) is 2.79. The number of sulfone groups is 1. The standard InChI is InChI=1S/C12H12BrN3O4S/c1-9-14-12(16(17)18)8-15(9)6-7-21(19,20)11-4-2-10(13)3-5-11/h2-5,8H,6-7H2,1H3. The number of hydrogen-bond acceptors (Lipinski definition) is 5. The minimum Gasteiger partial charge on any atom is -0.358 e. The molecule has 0 unspecified atom stereocenters. The van der Waals surface area contributed by atoms with E-state index in [0.29, 0.717) is 5.82 Å². The fraction of sp³-hybridized carbons (Fsp3) is 0.250. The highest BCUT2D eigenvalue weighted by Crippen LogP contribution is 2.17. The zero-order chi connectivity index (χ0) is 15.6. The van der Waals surface area contributed by atoms with E-state index < -0.39 is 14.8 Å². The van der Waals surface area contributed by atoms with Gasteiger partial charge in [-0.15, -0.1) is 0 Å². The molecule has 0 bridgehead atoms. The van der Waals surface area contributed by atoms with Crippen molar-refractivity contribution < 1.29 is 13.3 Å². The maximum absolute atomic E-state index is 12.2. The number of aryl methyl sites for hydroxylation is 2. The first-order chi connectivity index (χ1) is 9.79. The van der Waals surface area contributed by atoms with Gasteiger partial charge in [-0.05, 0) is 34.2 Å². The molecule has 0 atom stereocenters. The van der Waals surface area contributed by atoms with Crippen LogP contribution in [0.25, 0.3) is 0 Å². The minimum absolute atomic E-state index is 0.116. The van der Waals surface area contributed by atoms with Crippen molar-refractivity contribution in [3.8, 4) is 0 Å². The molecule has 0 aliphatic heterocycles. The lowest BCUT2D eigenvalue weighted by Gasteiger charge is -2.05. The maximum atomic E-state index is 12.2. The molecule has 0 amide bonds. The normalized spacial score (nSPS) is 11.5. The number of nitrogens with zero attached hydrogens (tertiary/aromatic N) is 3. The van der Waals surface area contributed by atoms with E-state index in [-0.39, 0.29) is 23.0 Å². The Morgan fingerprint density at radius 1 is 1.33 bits per heavy atom. The summed E-state index contributed by atoms with van der Waals surface area (Å²) in [6, 6.07) is 6.34. The third-order valence-electron chi connectivity index (χ3n) is 2.92. The number of imidazole rings is 1. The molecule has 0 saturated heterocycles. The molecule has 0 aliphatic rings. The third kappa shape index (κ3) is 3.67. The van der Waals surface area contributed by atoms with Gasteiger partial charge < -0.3 is 14.7 Å². The van der Waals surface area contributed by atoms with Crippen LogP contribution in [0.1, 0.15) is 5.82 Å². The van der Waals surface area contributed by atoms with Gasteiger partial charge in [0, 0.05) is 17.9 Å². The van der Waals surface area contributed by atoms with E-state index in [0.717, 1.165) is 4.47 Å². The number of halogens is 1. The van der Waals surface area contributed by atoms with Gasteiger partial charge in [-0.1, -0.05) is 15.9 Å². The zero-order valence-electron chi connectivity index (χ0n) is 11.1. The Labute approximate surface area is 129 Å². The Hall–Kier alpha value is -1.74. The van der Waals surface area contributed by atoms with Crippen molar-refractivity contribution >= 4 is 31.6 Å². The molecule has 1 aromatic carbocycles. The quantitative estimate of drug-likeness (QED) is 0.591. The van der Waals surface area contributed by atoms with Crippen molar-refractivity contribution in [1.82, 2.24) is 9.55 Å². The van der Waals surface area contributed by atoms with Gasteiger partial charge in [0.1, 0.15) is 6.20 Å². The van der Waals surface area contributed by atoms with E-state index in [1.54, 1.807) is 19.1 Å². The van der Waals surface area contributed by atoms with Crippen molar-refractivity contribution in [2.24, 2.45) is 0 Å². The SMILES string of the molecule is Cc1nc([N+](=O)[O-])cn1CCS(=O)(=O)c1ccc(Br)cc1. The van der Waals surface area contributed by atoms with Crippen LogP contribution >= 0.6 is 15.9 Å². The number of rotatable bonds is 5. The van der Waals surface area contributed by atoms with Crippen LogP contribution in [-0.2, 0) is 16.4 Å². The van der Waals surface area contributed by atoms with E-state index in [4.69, 9.17) is 0 Å². The molecule has 0 spiro atoms. The Morgan fingerprint density at radius 3 is 2.48 bits per heavy atom. The summed E-state index contributed by atoms with van der Waals surface area (Å²) < 4.78 is 26.6. The summed E-state index contributed by atoms with van der Waals surface area (Å²) in [5, 5.41) is 10.6. The van der Waals surface area contributed by atoms with Crippen LogP contribution in [0.3, 0.4) is 0 Å². The number of benzene rings is 1. The first-order valence-corrected chi connectivity index (χ1v) is 8.40. The van der Waals surface area contributed by atoms with Gasteiger partial charge in [-0.2, -0.15) is 0 Å². The van der Waals surface area contributed by atoms with E-state index >= 15 is 0 Å². The van der Waals surface area contributed by atoms with Crippen LogP contribution in [-0.4, -0.2) is 28.6 Å². The summed E-state index contributed by atoms with van der Waals surface area (Å²) in [6.07, 6.45) is 1.24. The van der Waals surface area contributed by atoms with Crippen molar-refractivity contribution in [3.63, 3.8) is 0 Å². The molecular formula is C12H12BrN3O4S. The first kappa shape index (κ1) is 15.6. The van der Waals surface area contributed by atoms with Gasteiger partial charge in [-0.25, -0.2) is 8.42 Å². The summed E-state index contributed by atoms with van der Waals surface area (Å²) in [5.74, 6) is -0.0237. The van der Waals surface area contributed by atoms with Crippen molar-refractivity contribution in [2.75, 3.05) is 5.75 Å². The summed E-state index contributed by atoms with van der Waals surface area (Å²) in [5.41, 5.74) is 0. The molecule has 0 aliphatic carbocycles. The van der Waals surface area contributed by atoms with Crippen LogP contribution in [0.2, 0.25) is 0 Å². The van der Waals surface area contributed by atoms with E-state index in [1.165, 1.54) is 22.9 Å². The molecule has 1 heterocycles. The lowest BCUT2D eigenvalue weighted by molar-refractivity contribution is -0.389. The second-order valence-corrected chi connectivity index (χ2v) is 7.39. The van der Waals surface area contributed by atoms with E-state index in [1.807, 2.05) is 0 Å². The monoisotopic (exact) mass is 373 g/mol. The highest BCUT2D eigenvalue weighted by molar-refractivity contribution is 9.10. The number of hydrogen-bond donors (Lipinski definition) is 0. The molecule has 2 aromatic rings. The van der Waals surface area contributed by atoms with Crippen molar-refractivity contribution in [2.45, 2.75) is 18.4 Å². The zero-order valence-corrected chi connectivity index (χ0v) is 13.5. The lowest BCUT2D eigenvalue weighted by Crippen LogP contribution is -2.13. The second kappa shape index (κ2) is 5.94. The molecule has 112 valence electrons. The van der Waals surface area contributed by atoms with Gasteiger partial charge in [0.05, 0.1) is 10.6 Å². The summed E-state index contributed by atoms with van der Waals surface area (Å²) in [4.78, 5) is 14.0. The third-order valence-corrected chi connectivity index (χ3v) is 5.16. The second-order valence-electron chi connectivity index (χ2n) is 4.37. The average molecular weight is 374 g/mol. The van der Waals surface area contributed by atoms with Crippen molar-refractivity contribution in [1.29, 1.82) is 0 Å². The molecule has 21 heavy (non-hydrogen) atoms. The highest BCUT2D eigenvalue weighted by atomic mass is 79.9. The molecule has 1 aromatic heterocycles. The van der Waals surface area contributed by atoms with Crippen LogP contribution in [0, 0.1) is 17.0 Å². The molecule has 9 heteroatoms. The molecule has 0 fully saturated rings. The molecular weight excluding hydrogens is 362 g/mol. The first-order valence-electron chi connectivity index (χ1n) is 5.96. The van der Waals surface area contributed by atoms with Gasteiger partial charge in [0.25, 0.3) is 0 Å². The Morgan fingerprint density at radius 2 is 1.95 bits per heavy atom. The number of nitro groups is 1. The lowest BCUT2D eigenvalue weighted by atomic mass is 10.4. The maximum Gasteiger partial charge on any atom is 0.381 e. The van der Waals surface area contributed by atoms with Crippen molar-refractivity contribution in [3.05, 3.63) is 50.9 Å². The van der Waals surface area contributed by atoms with Crippen LogP contribution in [0.5, 0.6) is 0 Å². The molecule has 2 rings (SSSR count). The molecule has 0 radical (unpaired) electrons. The smallest absolute Gasteiger partial charge is 0.358 e. The van der Waals surface area contributed by atoms with Crippen LogP contribution < -0.4 is 0 Å². The molecule has 7 nitrogen and oxygen atoms in total. The Bertz CT molecular complexity index is 768. The molecule has 0 saturated carbocycles. The van der Waals surface area contributed by atoms with Crippen LogP contribution in [0.4, 0.5) is 5.82 Å². The Kier molecular flexibility index (Phi) is 4.43. The van der Waals surface area contributed by atoms with Gasteiger partial charge in [0.2, 0.25) is 5.82 Å². The Balaban J connectivity index is 2.15.